The lowest BCUT2D eigenvalue weighted by atomic mass is 10.1. The molecular weight excluding hydrogens is 380 g/mol. The van der Waals surface area contributed by atoms with E-state index < -0.39 is 15.7 Å². The first-order valence-electron chi connectivity index (χ1n) is 9.15. The molecule has 1 heterocycles. The minimum Gasteiger partial charge on any atom is -0.506 e. The van der Waals surface area contributed by atoms with Crippen LogP contribution >= 0.6 is 0 Å². The molecule has 1 fully saturated rings. The first kappa shape index (κ1) is 20.3. The standard InChI is InChI=1S/C20H24N2O5S/c1-2-28(25,26)17-6-7-19(23)18(13-17)21-20(24)16-5-3-4-15(12-16)14-22-8-10-27-11-9-22/h3-7,12-13,23H,2,8-11,14H2,1H3,(H,21,24). The number of phenolic OH excluding ortho intramolecular Hbond substituents is 1. The van der Waals surface area contributed by atoms with Gasteiger partial charge in [-0.15, -0.1) is 0 Å². The molecule has 0 radical (unpaired) electrons. The van der Waals surface area contributed by atoms with E-state index >= 15 is 0 Å². The molecule has 2 aromatic rings. The van der Waals surface area contributed by atoms with E-state index in [0.29, 0.717) is 18.8 Å². The first-order chi connectivity index (χ1) is 13.4. The van der Waals surface area contributed by atoms with E-state index in [0.717, 1.165) is 25.2 Å². The van der Waals surface area contributed by atoms with E-state index in [4.69, 9.17) is 4.74 Å². The number of amides is 1. The van der Waals surface area contributed by atoms with Crippen molar-refractivity contribution in [2.24, 2.45) is 0 Å². The Morgan fingerprint density at radius 3 is 2.64 bits per heavy atom. The Bertz CT molecular complexity index is 953. The van der Waals surface area contributed by atoms with Gasteiger partial charge in [-0.3, -0.25) is 9.69 Å². The van der Waals surface area contributed by atoms with Gasteiger partial charge in [0, 0.05) is 25.2 Å². The van der Waals surface area contributed by atoms with Gasteiger partial charge in [-0.05, 0) is 35.9 Å². The highest BCUT2D eigenvalue weighted by atomic mass is 32.2. The number of carbonyl (C=O) groups is 1. The number of nitrogens with one attached hydrogen (secondary N) is 1. The summed E-state index contributed by atoms with van der Waals surface area (Å²) in [6.07, 6.45) is 0. The summed E-state index contributed by atoms with van der Waals surface area (Å²) in [5.74, 6) is -0.660. The minimum atomic E-state index is -3.44. The van der Waals surface area contributed by atoms with Crippen molar-refractivity contribution in [3.63, 3.8) is 0 Å². The van der Waals surface area contributed by atoms with Gasteiger partial charge in [-0.25, -0.2) is 8.42 Å². The quantitative estimate of drug-likeness (QED) is 0.717. The molecule has 150 valence electrons. The van der Waals surface area contributed by atoms with Gasteiger partial charge in [0.15, 0.2) is 9.84 Å². The second-order valence-corrected chi connectivity index (χ2v) is 8.90. The van der Waals surface area contributed by atoms with Crippen LogP contribution in [0.2, 0.25) is 0 Å². The molecule has 3 rings (SSSR count). The van der Waals surface area contributed by atoms with Crippen molar-refractivity contribution in [1.29, 1.82) is 0 Å². The summed E-state index contributed by atoms with van der Waals surface area (Å²) in [5.41, 5.74) is 1.51. The van der Waals surface area contributed by atoms with Gasteiger partial charge >= 0.3 is 0 Å². The van der Waals surface area contributed by atoms with Crippen molar-refractivity contribution in [3.8, 4) is 5.75 Å². The number of sulfone groups is 1. The number of phenols is 1. The number of aromatic hydroxyl groups is 1. The monoisotopic (exact) mass is 404 g/mol. The molecule has 1 saturated heterocycles. The van der Waals surface area contributed by atoms with Crippen molar-refractivity contribution in [3.05, 3.63) is 53.6 Å². The SMILES string of the molecule is CCS(=O)(=O)c1ccc(O)c(NC(=O)c2cccc(CN3CCOCC3)c2)c1. The Labute approximate surface area is 164 Å². The molecule has 1 amide bonds. The molecule has 0 atom stereocenters. The van der Waals surface area contributed by atoms with Crippen LogP contribution in [0, 0.1) is 0 Å². The molecule has 0 aliphatic carbocycles. The largest absolute Gasteiger partial charge is 0.506 e. The van der Waals surface area contributed by atoms with Crippen molar-refractivity contribution in [1.82, 2.24) is 4.90 Å². The Balaban J connectivity index is 1.76. The Kier molecular flexibility index (Phi) is 6.33. The number of anilines is 1. The fourth-order valence-corrected chi connectivity index (χ4v) is 3.90. The fraction of sp³-hybridized carbons (Fsp3) is 0.350. The van der Waals surface area contributed by atoms with Gasteiger partial charge in [0.25, 0.3) is 5.91 Å². The maximum absolute atomic E-state index is 12.6. The number of benzene rings is 2. The Morgan fingerprint density at radius 1 is 1.18 bits per heavy atom. The molecule has 0 saturated carbocycles. The number of nitrogens with zero attached hydrogens (tertiary/aromatic N) is 1. The Hall–Kier alpha value is -2.42. The van der Waals surface area contributed by atoms with Gasteiger partial charge < -0.3 is 15.2 Å². The van der Waals surface area contributed by atoms with Crippen molar-refractivity contribution >= 4 is 21.4 Å². The summed E-state index contributed by atoms with van der Waals surface area (Å²) in [4.78, 5) is 15.0. The summed E-state index contributed by atoms with van der Waals surface area (Å²) >= 11 is 0. The number of morpholine rings is 1. The highest BCUT2D eigenvalue weighted by Gasteiger charge is 2.17. The van der Waals surface area contributed by atoms with Crippen LogP contribution in [0.15, 0.2) is 47.4 Å². The molecule has 2 aromatic carbocycles. The van der Waals surface area contributed by atoms with Gasteiger partial charge in [0.2, 0.25) is 0 Å². The smallest absolute Gasteiger partial charge is 0.255 e. The van der Waals surface area contributed by atoms with Crippen molar-refractivity contribution in [2.45, 2.75) is 18.4 Å². The van der Waals surface area contributed by atoms with Crippen molar-refractivity contribution < 1.29 is 23.1 Å². The van der Waals surface area contributed by atoms with Crippen molar-refractivity contribution in [2.75, 3.05) is 37.4 Å². The molecule has 2 N–H and O–H groups in total. The number of ether oxygens (including phenoxy) is 1. The van der Waals surface area contributed by atoms with E-state index in [1.807, 2.05) is 12.1 Å². The van der Waals surface area contributed by atoms with Crippen LogP contribution in [0.4, 0.5) is 5.69 Å². The fourth-order valence-electron chi connectivity index (χ4n) is 3.00. The third kappa shape index (κ3) is 4.89. The molecule has 0 bridgehead atoms. The van der Waals surface area contributed by atoms with E-state index in [9.17, 15) is 18.3 Å². The summed E-state index contributed by atoms with van der Waals surface area (Å²) in [6.45, 7) is 5.37. The molecule has 1 aliphatic heterocycles. The van der Waals surface area contributed by atoms with Gasteiger partial charge in [0.05, 0.1) is 29.5 Å². The lowest BCUT2D eigenvalue weighted by Crippen LogP contribution is -2.35. The molecule has 28 heavy (non-hydrogen) atoms. The van der Waals surface area contributed by atoms with E-state index in [2.05, 4.69) is 10.2 Å². The third-order valence-electron chi connectivity index (χ3n) is 4.65. The lowest BCUT2D eigenvalue weighted by molar-refractivity contribution is 0.0342. The second-order valence-electron chi connectivity index (χ2n) is 6.63. The molecule has 0 aromatic heterocycles. The number of hydrogen-bond acceptors (Lipinski definition) is 6. The molecule has 7 nitrogen and oxygen atoms in total. The van der Waals surface area contributed by atoms with Crippen LogP contribution in [0.25, 0.3) is 0 Å². The van der Waals surface area contributed by atoms with Crippen LogP contribution < -0.4 is 5.32 Å². The number of carbonyl (C=O) groups excluding carboxylic acids is 1. The average Bonchev–Trinajstić information content (AvgIpc) is 2.70. The number of rotatable bonds is 6. The highest BCUT2D eigenvalue weighted by molar-refractivity contribution is 7.91. The van der Waals surface area contributed by atoms with Crippen LogP contribution in [-0.4, -0.2) is 56.4 Å². The van der Waals surface area contributed by atoms with Crippen LogP contribution in [0.3, 0.4) is 0 Å². The normalized spacial score (nSPS) is 15.3. The summed E-state index contributed by atoms with van der Waals surface area (Å²) < 4.78 is 29.4. The van der Waals surface area contributed by atoms with Gasteiger partial charge in [-0.2, -0.15) is 0 Å². The third-order valence-corrected chi connectivity index (χ3v) is 6.39. The zero-order valence-corrected chi connectivity index (χ0v) is 16.5. The van der Waals surface area contributed by atoms with Gasteiger partial charge in [0.1, 0.15) is 5.75 Å². The predicted octanol–water partition coefficient (Wildman–Crippen LogP) is 2.27. The molecule has 8 heteroatoms. The van der Waals surface area contributed by atoms with Crippen LogP contribution in [0.5, 0.6) is 5.75 Å². The minimum absolute atomic E-state index is 0.0594. The summed E-state index contributed by atoms with van der Waals surface area (Å²) in [7, 11) is -3.44. The highest BCUT2D eigenvalue weighted by Crippen LogP contribution is 2.27. The first-order valence-corrected chi connectivity index (χ1v) is 10.8. The zero-order chi connectivity index (χ0) is 20.1. The average molecular weight is 404 g/mol. The van der Waals surface area contributed by atoms with Gasteiger partial charge in [-0.1, -0.05) is 19.1 Å². The lowest BCUT2D eigenvalue weighted by Gasteiger charge is -2.26. The topological polar surface area (TPSA) is 95.9 Å². The zero-order valence-electron chi connectivity index (χ0n) is 15.7. The molecule has 0 spiro atoms. The summed E-state index contributed by atoms with van der Waals surface area (Å²) in [6, 6.07) is 11.1. The van der Waals surface area contributed by atoms with E-state index in [1.165, 1.54) is 18.2 Å². The van der Waals surface area contributed by atoms with Crippen LogP contribution in [-0.2, 0) is 21.1 Å². The molecule has 1 aliphatic rings. The second kappa shape index (κ2) is 8.72. The van der Waals surface area contributed by atoms with E-state index in [-0.39, 0.29) is 22.1 Å². The maximum atomic E-state index is 12.6. The molecule has 0 unspecified atom stereocenters. The van der Waals surface area contributed by atoms with E-state index in [1.54, 1.807) is 19.1 Å². The predicted molar refractivity (Wildman–Crippen MR) is 106 cm³/mol. The Morgan fingerprint density at radius 2 is 1.93 bits per heavy atom. The maximum Gasteiger partial charge on any atom is 0.255 e. The summed E-state index contributed by atoms with van der Waals surface area (Å²) in [5, 5.41) is 12.6. The van der Waals surface area contributed by atoms with Crippen LogP contribution in [0.1, 0.15) is 22.8 Å². The number of hydrogen-bond donors (Lipinski definition) is 2. The molecular formula is C20H24N2O5S.